The van der Waals surface area contributed by atoms with E-state index in [1.54, 1.807) is 0 Å². The van der Waals surface area contributed by atoms with Crippen LogP contribution < -0.4 is 9.64 Å². The van der Waals surface area contributed by atoms with Gasteiger partial charge in [-0.15, -0.1) is 0 Å². The van der Waals surface area contributed by atoms with Crippen LogP contribution in [-0.4, -0.2) is 53.4 Å². The van der Waals surface area contributed by atoms with Crippen molar-refractivity contribution in [3.8, 4) is 5.75 Å². The number of carbonyl (C=O) groups is 1. The zero-order valence-electron chi connectivity index (χ0n) is 23.4. The maximum absolute atomic E-state index is 13.3. The van der Waals surface area contributed by atoms with E-state index >= 15 is 0 Å². The molecular weight excluding hydrogens is 516 g/mol. The summed E-state index contributed by atoms with van der Waals surface area (Å²) in [4.78, 5) is 15.7. The van der Waals surface area contributed by atoms with Crippen molar-refractivity contribution in [2.24, 2.45) is 11.8 Å². The zero-order valence-corrected chi connectivity index (χ0v) is 24.2. The Balaban J connectivity index is 1.24. The van der Waals surface area contributed by atoms with Crippen LogP contribution in [0.15, 0.2) is 78.9 Å². The number of aliphatic hydroxyl groups excluding tert-OH is 1. The molecule has 0 spiro atoms. The summed E-state index contributed by atoms with van der Waals surface area (Å²) in [7, 11) is 0. The van der Waals surface area contributed by atoms with Gasteiger partial charge in [0.05, 0.1) is 12.3 Å². The highest BCUT2D eigenvalue weighted by Crippen LogP contribution is 2.53. The van der Waals surface area contributed by atoms with Crippen LogP contribution in [0.25, 0.3) is 0 Å². The van der Waals surface area contributed by atoms with Crippen molar-refractivity contribution in [1.82, 2.24) is 4.31 Å². The molecule has 1 N–H and O–H groups in total. The normalized spacial score (nSPS) is 23.2. The van der Waals surface area contributed by atoms with E-state index in [9.17, 15) is 9.90 Å². The SMILES string of the molecule is CCOc1c(CC(O)SN2CC3C(=O)CCC(c4ccccc4)(c4ccccc4)C3C2)cccc1N1CCCC1. The van der Waals surface area contributed by atoms with E-state index in [1.165, 1.54) is 35.9 Å². The molecule has 6 heteroatoms. The fourth-order valence-corrected chi connectivity index (χ4v) is 8.46. The second-order valence-electron chi connectivity index (χ2n) is 11.4. The molecule has 3 aliphatic rings. The van der Waals surface area contributed by atoms with E-state index in [4.69, 9.17) is 4.74 Å². The molecule has 3 aromatic carbocycles. The Hall–Kier alpha value is -2.80. The molecule has 3 aromatic rings. The van der Waals surface area contributed by atoms with Crippen LogP contribution in [0.3, 0.4) is 0 Å². The van der Waals surface area contributed by atoms with Crippen LogP contribution in [0.5, 0.6) is 5.75 Å². The van der Waals surface area contributed by atoms with Crippen molar-refractivity contribution in [2.45, 2.75) is 49.9 Å². The summed E-state index contributed by atoms with van der Waals surface area (Å²) in [5, 5.41) is 11.3. The van der Waals surface area contributed by atoms with Crippen LogP contribution in [0.4, 0.5) is 5.69 Å². The number of anilines is 1. The van der Waals surface area contributed by atoms with Gasteiger partial charge in [-0.25, -0.2) is 4.31 Å². The number of Topliss-reactive ketones (excluding diaryl/α,β-unsaturated/α-hetero) is 1. The Bertz CT molecular complexity index is 1260. The van der Waals surface area contributed by atoms with Crippen LogP contribution in [-0.2, 0) is 16.6 Å². The molecule has 1 aliphatic carbocycles. The number of nitrogens with zero attached hydrogens (tertiary/aromatic N) is 2. The average Bonchev–Trinajstić information content (AvgIpc) is 3.67. The molecule has 0 amide bonds. The van der Waals surface area contributed by atoms with E-state index in [0.29, 0.717) is 31.8 Å². The summed E-state index contributed by atoms with van der Waals surface area (Å²) in [6, 6.07) is 27.8. The first kappa shape index (κ1) is 27.4. The first-order valence-corrected chi connectivity index (χ1v) is 15.7. The van der Waals surface area contributed by atoms with Gasteiger partial charge in [0.1, 0.15) is 17.0 Å². The van der Waals surface area contributed by atoms with Gasteiger partial charge < -0.3 is 14.7 Å². The second kappa shape index (κ2) is 12.0. The van der Waals surface area contributed by atoms with Gasteiger partial charge in [0, 0.05) is 50.4 Å². The Morgan fingerprint density at radius 3 is 2.27 bits per heavy atom. The Morgan fingerprint density at radius 1 is 0.950 bits per heavy atom. The maximum atomic E-state index is 13.3. The minimum atomic E-state index is -0.619. The number of ether oxygens (including phenoxy) is 1. The summed E-state index contributed by atoms with van der Waals surface area (Å²) in [6.45, 7) is 6.17. The second-order valence-corrected chi connectivity index (χ2v) is 12.7. The van der Waals surface area contributed by atoms with E-state index in [-0.39, 0.29) is 17.3 Å². The zero-order chi connectivity index (χ0) is 27.5. The van der Waals surface area contributed by atoms with E-state index in [1.807, 2.05) is 6.92 Å². The van der Waals surface area contributed by atoms with Crippen LogP contribution in [0, 0.1) is 11.8 Å². The molecule has 0 bridgehead atoms. The van der Waals surface area contributed by atoms with Gasteiger partial charge in [0.25, 0.3) is 0 Å². The number of rotatable bonds is 9. The van der Waals surface area contributed by atoms with Crippen LogP contribution in [0.2, 0.25) is 0 Å². The molecule has 2 aliphatic heterocycles. The summed E-state index contributed by atoms with van der Waals surface area (Å²) in [5.41, 5.74) is 3.93. The minimum absolute atomic E-state index is 0.0358. The number of para-hydroxylation sites is 1. The van der Waals surface area contributed by atoms with Crippen molar-refractivity contribution in [2.75, 3.05) is 37.7 Å². The van der Waals surface area contributed by atoms with Crippen LogP contribution >= 0.6 is 11.9 Å². The largest absolute Gasteiger partial charge is 0.491 e. The van der Waals surface area contributed by atoms with Gasteiger partial charge in [0.2, 0.25) is 0 Å². The van der Waals surface area contributed by atoms with Gasteiger partial charge >= 0.3 is 0 Å². The Labute approximate surface area is 242 Å². The number of aliphatic hydroxyl groups is 1. The molecule has 3 unspecified atom stereocenters. The summed E-state index contributed by atoms with van der Waals surface area (Å²) in [6.07, 6.45) is 4.33. The number of hydrogen-bond donors (Lipinski definition) is 1. The molecule has 40 heavy (non-hydrogen) atoms. The van der Waals surface area contributed by atoms with Crippen molar-refractivity contribution in [3.63, 3.8) is 0 Å². The fraction of sp³-hybridized carbons (Fsp3) is 0.441. The molecule has 2 saturated heterocycles. The lowest BCUT2D eigenvalue weighted by atomic mass is 9.56. The molecule has 0 radical (unpaired) electrons. The van der Waals surface area contributed by atoms with Crippen molar-refractivity contribution in [1.29, 1.82) is 0 Å². The first-order chi connectivity index (χ1) is 19.6. The monoisotopic (exact) mass is 556 g/mol. The highest BCUT2D eigenvalue weighted by atomic mass is 32.2. The standard InChI is InChI=1S/C34H40N2O3S/c1-2-39-33-25(12-11-17-30(33)35-20-9-10-21-35)22-32(38)40-36-23-28-29(24-36)34(19-18-31(28)37,26-13-5-3-6-14-26)27-15-7-4-8-16-27/h3-8,11-17,28-29,32,38H,2,9-10,18-24H2,1H3. The first-order valence-electron chi connectivity index (χ1n) is 14.8. The third kappa shape index (κ3) is 5.17. The molecule has 0 aromatic heterocycles. The molecule has 210 valence electrons. The predicted molar refractivity (Wildman–Crippen MR) is 163 cm³/mol. The molecular formula is C34H40N2O3S. The van der Waals surface area contributed by atoms with E-state index < -0.39 is 5.44 Å². The van der Waals surface area contributed by atoms with Crippen LogP contribution in [0.1, 0.15) is 49.3 Å². The summed E-state index contributed by atoms with van der Waals surface area (Å²) in [5.74, 6) is 1.40. The molecule has 6 rings (SSSR count). The lowest BCUT2D eigenvalue weighted by Gasteiger charge is -2.45. The quantitative estimate of drug-likeness (QED) is 0.254. The third-order valence-electron chi connectivity index (χ3n) is 9.15. The Kier molecular flexibility index (Phi) is 8.20. The number of hydrogen-bond acceptors (Lipinski definition) is 6. The topological polar surface area (TPSA) is 53.0 Å². The van der Waals surface area contributed by atoms with Gasteiger partial charge in [-0.05, 0) is 66.8 Å². The number of fused-ring (bicyclic) bond motifs is 1. The molecule has 3 atom stereocenters. The third-order valence-corrected chi connectivity index (χ3v) is 10.2. The molecule has 5 nitrogen and oxygen atoms in total. The summed E-state index contributed by atoms with van der Waals surface area (Å²) >= 11 is 1.49. The molecule has 2 heterocycles. The van der Waals surface area contributed by atoms with Gasteiger partial charge in [-0.1, -0.05) is 72.8 Å². The van der Waals surface area contributed by atoms with Gasteiger partial charge in [-0.2, -0.15) is 0 Å². The number of ketones is 1. The summed E-state index contributed by atoms with van der Waals surface area (Å²) < 4.78 is 8.41. The highest BCUT2D eigenvalue weighted by molar-refractivity contribution is 7.97. The fourth-order valence-electron chi connectivity index (χ4n) is 7.37. The van der Waals surface area contributed by atoms with Gasteiger partial charge in [-0.3, -0.25) is 4.79 Å². The number of benzene rings is 3. The van der Waals surface area contributed by atoms with Crippen molar-refractivity contribution >= 4 is 23.4 Å². The predicted octanol–water partition coefficient (Wildman–Crippen LogP) is 6.09. The van der Waals surface area contributed by atoms with Crippen molar-refractivity contribution < 1.29 is 14.6 Å². The lowest BCUT2D eigenvalue weighted by molar-refractivity contribution is -0.126. The Morgan fingerprint density at radius 2 is 1.62 bits per heavy atom. The molecule has 3 fully saturated rings. The highest BCUT2D eigenvalue weighted by Gasteiger charge is 2.54. The maximum Gasteiger partial charge on any atom is 0.145 e. The van der Waals surface area contributed by atoms with E-state index in [2.05, 4.69) is 88.1 Å². The smallest absolute Gasteiger partial charge is 0.145 e. The lowest BCUT2D eigenvalue weighted by Crippen LogP contribution is -2.47. The average molecular weight is 557 g/mol. The van der Waals surface area contributed by atoms with Gasteiger partial charge in [0.15, 0.2) is 0 Å². The van der Waals surface area contributed by atoms with Crippen molar-refractivity contribution in [3.05, 3.63) is 95.6 Å². The van der Waals surface area contributed by atoms with E-state index in [0.717, 1.165) is 43.1 Å². The number of carbonyl (C=O) groups excluding carboxylic acids is 1. The minimum Gasteiger partial charge on any atom is -0.491 e. The molecule has 1 saturated carbocycles.